The number of hydrogen-bond donors (Lipinski definition) is 2. The molecule has 6 heteroatoms. The summed E-state index contributed by atoms with van der Waals surface area (Å²) in [6.45, 7) is 5.42. The molecule has 2 aliphatic rings. The van der Waals surface area contributed by atoms with Gasteiger partial charge in [-0.1, -0.05) is 20.3 Å². The molecule has 2 atom stereocenters. The molecule has 2 fully saturated rings. The summed E-state index contributed by atoms with van der Waals surface area (Å²) < 4.78 is 5.55. The number of carbonyl (C=O) groups is 2. The normalized spacial score (nSPS) is 27.8. The Hall–Kier alpha value is -1.30. The average Bonchev–Trinajstić information content (AvgIpc) is 3.07. The number of fused-ring (bicyclic) bond motifs is 1. The second kappa shape index (κ2) is 6.44. The van der Waals surface area contributed by atoms with Gasteiger partial charge in [-0.25, -0.2) is 4.79 Å². The number of ether oxygens (including phenoxy) is 1. The lowest BCUT2D eigenvalue weighted by Crippen LogP contribution is -2.48. The Morgan fingerprint density at radius 3 is 2.59 bits per heavy atom. The number of nitrogens with zero attached hydrogens (tertiary/aromatic N) is 1. The maximum absolute atomic E-state index is 12.4. The zero-order valence-electron chi connectivity index (χ0n) is 13.9. The highest BCUT2D eigenvalue weighted by Gasteiger charge is 2.55. The first-order valence-corrected chi connectivity index (χ1v) is 8.24. The Morgan fingerprint density at radius 2 is 2.09 bits per heavy atom. The molecule has 1 heterocycles. The Morgan fingerprint density at radius 1 is 1.41 bits per heavy atom. The Kier molecular flexibility index (Phi) is 5.00. The van der Waals surface area contributed by atoms with E-state index in [1.807, 2.05) is 13.8 Å². The Balaban J connectivity index is 1.96. The van der Waals surface area contributed by atoms with Gasteiger partial charge in [0.05, 0.1) is 11.0 Å². The lowest BCUT2D eigenvalue weighted by Gasteiger charge is -2.31. The number of hydrogen-bond acceptors (Lipinski definition) is 3. The number of carbonyl (C=O) groups excluding carboxylic acids is 1. The minimum absolute atomic E-state index is 0.0975. The summed E-state index contributed by atoms with van der Waals surface area (Å²) in [5.41, 5.74) is -1.05. The fourth-order valence-corrected chi connectivity index (χ4v) is 4.00. The van der Waals surface area contributed by atoms with E-state index in [-0.39, 0.29) is 17.6 Å². The van der Waals surface area contributed by atoms with E-state index in [0.717, 1.165) is 25.7 Å². The van der Waals surface area contributed by atoms with Crippen molar-refractivity contribution in [3.63, 3.8) is 0 Å². The van der Waals surface area contributed by atoms with Crippen molar-refractivity contribution in [2.24, 2.45) is 11.3 Å². The van der Waals surface area contributed by atoms with E-state index >= 15 is 0 Å². The summed E-state index contributed by atoms with van der Waals surface area (Å²) in [6, 6.07) is -0.168. The van der Waals surface area contributed by atoms with Gasteiger partial charge in [0, 0.05) is 26.7 Å². The second-order valence-corrected chi connectivity index (χ2v) is 6.68. The molecule has 2 amide bonds. The van der Waals surface area contributed by atoms with Crippen LogP contribution in [-0.2, 0) is 9.53 Å². The molecular weight excluding hydrogens is 284 g/mol. The van der Waals surface area contributed by atoms with Crippen LogP contribution in [-0.4, -0.2) is 54.4 Å². The van der Waals surface area contributed by atoms with E-state index in [2.05, 4.69) is 5.32 Å². The lowest BCUT2D eigenvalue weighted by atomic mass is 9.81. The van der Waals surface area contributed by atoms with Crippen LogP contribution in [0.4, 0.5) is 4.79 Å². The summed E-state index contributed by atoms with van der Waals surface area (Å²) in [7, 11) is 1.67. The van der Waals surface area contributed by atoms with Crippen LogP contribution in [0.5, 0.6) is 0 Å². The molecule has 0 aromatic rings. The molecule has 0 radical (unpaired) electrons. The number of aliphatic carboxylic acids is 1. The number of urea groups is 1. The number of carboxylic acid groups (broad SMARTS) is 1. The predicted octanol–water partition coefficient (Wildman–Crippen LogP) is 2.09. The minimum Gasteiger partial charge on any atom is -0.481 e. The molecule has 0 aromatic heterocycles. The van der Waals surface area contributed by atoms with Crippen molar-refractivity contribution >= 4 is 12.0 Å². The summed E-state index contributed by atoms with van der Waals surface area (Å²) in [4.78, 5) is 25.7. The molecule has 0 bridgehead atoms. The molecule has 2 rings (SSSR count). The number of carboxylic acids is 1. The van der Waals surface area contributed by atoms with Gasteiger partial charge in [-0.3, -0.25) is 4.79 Å². The molecule has 1 saturated heterocycles. The van der Waals surface area contributed by atoms with E-state index in [1.165, 1.54) is 0 Å². The maximum Gasteiger partial charge on any atom is 0.317 e. The second-order valence-electron chi connectivity index (χ2n) is 6.68. The average molecular weight is 312 g/mol. The highest BCUT2D eigenvalue weighted by molar-refractivity contribution is 5.80. The quantitative estimate of drug-likeness (QED) is 0.787. The summed E-state index contributed by atoms with van der Waals surface area (Å²) in [6.07, 6.45) is 4.18. The molecule has 0 unspecified atom stereocenters. The van der Waals surface area contributed by atoms with E-state index in [1.54, 1.807) is 12.0 Å². The third-order valence-corrected chi connectivity index (χ3v) is 5.87. The smallest absolute Gasteiger partial charge is 0.317 e. The lowest BCUT2D eigenvalue weighted by molar-refractivity contribution is -0.149. The van der Waals surface area contributed by atoms with Crippen molar-refractivity contribution in [1.29, 1.82) is 0 Å². The summed E-state index contributed by atoms with van der Waals surface area (Å²) >= 11 is 0. The topological polar surface area (TPSA) is 78.9 Å². The number of nitrogens with one attached hydrogen (secondary N) is 1. The number of methoxy groups -OCH3 is 1. The van der Waals surface area contributed by atoms with Crippen LogP contribution in [0.25, 0.3) is 0 Å². The molecule has 0 aromatic carbocycles. The first-order valence-electron chi connectivity index (χ1n) is 8.24. The van der Waals surface area contributed by atoms with Gasteiger partial charge in [0.15, 0.2) is 0 Å². The van der Waals surface area contributed by atoms with Gasteiger partial charge in [0.1, 0.15) is 0 Å². The van der Waals surface area contributed by atoms with Crippen molar-refractivity contribution in [2.45, 2.75) is 51.6 Å². The van der Waals surface area contributed by atoms with Crippen molar-refractivity contribution in [3.05, 3.63) is 0 Å². The van der Waals surface area contributed by atoms with E-state index in [4.69, 9.17) is 4.74 Å². The van der Waals surface area contributed by atoms with E-state index in [0.29, 0.717) is 26.1 Å². The molecule has 1 saturated carbocycles. The van der Waals surface area contributed by atoms with Crippen LogP contribution >= 0.6 is 0 Å². The number of likely N-dealkylation sites (tertiary alicyclic amines) is 1. The van der Waals surface area contributed by atoms with Crippen molar-refractivity contribution in [3.8, 4) is 0 Å². The van der Waals surface area contributed by atoms with E-state index in [9.17, 15) is 14.7 Å². The molecule has 1 aliphatic carbocycles. The Bertz CT molecular complexity index is 428. The van der Waals surface area contributed by atoms with Crippen molar-refractivity contribution < 1.29 is 19.4 Å². The largest absolute Gasteiger partial charge is 0.481 e. The van der Waals surface area contributed by atoms with Gasteiger partial charge in [-0.2, -0.15) is 0 Å². The van der Waals surface area contributed by atoms with Gasteiger partial charge in [0.2, 0.25) is 0 Å². The maximum atomic E-state index is 12.4. The van der Waals surface area contributed by atoms with Gasteiger partial charge in [0.25, 0.3) is 0 Å². The van der Waals surface area contributed by atoms with Crippen molar-refractivity contribution in [1.82, 2.24) is 10.2 Å². The zero-order valence-corrected chi connectivity index (χ0v) is 13.9. The monoisotopic (exact) mass is 312 g/mol. The van der Waals surface area contributed by atoms with Crippen LogP contribution in [0.2, 0.25) is 0 Å². The molecule has 1 aliphatic heterocycles. The first-order chi connectivity index (χ1) is 10.4. The summed E-state index contributed by atoms with van der Waals surface area (Å²) in [5.74, 6) is -0.654. The number of rotatable bonds is 6. The van der Waals surface area contributed by atoms with Crippen molar-refractivity contribution in [2.75, 3.05) is 26.7 Å². The van der Waals surface area contributed by atoms with Crippen LogP contribution in [0.1, 0.15) is 46.0 Å². The SMILES string of the molecule is CCC(CC)(CNC(=O)N1C[C@@H]2CCC[C@@]2(C(=O)O)C1)OC. The van der Waals surface area contributed by atoms with Crippen LogP contribution in [0.15, 0.2) is 0 Å². The molecule has 6 nitrogen and oxygen atoms in total. The van der Waals surface area contributed by atoms with Crippen LogP contribution in [0, 0.1) is 11.3 Å². The zero-order chi connectivity index (χ0) is 16.4. The highest BCUT2D eigenvalue weighted by atomic mass is 16.5. The Labute approximate surface area is 132 Å². The third-order valence-electron chi connectivity index (χ3n) is 5.87. The van der Waals surface area contributed by atoms with Gasteiger partial charge in [-0.05, 0) is 31.6 Å². The van der Waals surface area contributed by atoms with Gasteiger partial charge < -0.3 is 20.1 Å². The molecule has 22 heavy (non-hydrogen) atoms. The first kappa shape index (κ1) is 17.1. The van der Waals surface area contributed by atoms with Gasteiger partial charge >= 0.3 is 12.0 Å². The van der Waals surface area contributed by atoms with Crippen LogP contribution < -0.4 is 5.32 Å². The summed E-state index contributed by atoms with van der Waals surface area (Å²) in [5, 5.41) is 12.5. The van der Waals surface area contributed by atoms with Gasteiger partial charge in [-0.15, -0.1) is 0 Å². The standard InChI is InChI=1S/C16H28N2O4/c1-4-15(5-2,22-3)10-17-14(21)18-9-12-7-6-8-16(12,11-18)13(19)20/h12H,4-11H2,1-3H3,(H,17,21)(H,19,20)/t12-,16+/m0/s1. The minimum atomic E-state index is -0.751. The predicted molar refractivity (Wildman–Crippen MR) is 82.7 cm³/mol. The van der Waals surface area contributed by atoms with E-state index < -0.39 is 11.4 Å². The number of amides is 2. The molecule has 2 N–H and O–H groups in total. The third kappa shape index (κ3) is 2.81. The molecule has 0 spiro atoms. The molecular formula is C16H28N2O4. The highest BCUT2D eigenvalue weighted by Crippen LogP contribution is 2.48. The van der Waals surface area contributed by atoms with Crippen LogP contribution in [0.3, 0.4) is 0 Å². The fraction of sp³-hybridized carbons (Fsp3) is 0.875. The fourth-order valence-electron chi connectivity index (χ4n) is 4.00. The molecule has 126 valence electrons.